The highest BCUT2D eigenvalue weighted by molar-refractivity contribution is 6.30. The van der Waals surface area contributed by atoms with Gasteiger partial charge in [-0.1, -0.05) is 29.8 Å². The Hall–Kier alpha value is -2.04. The summed E-state index contributed by atoms with van der Waals surface area (Å²) in [4.78, 5) is 14.1. The number of nitrogens with zero attached hydrogens (tertiary/aromatic N) is 1. The molecule has 0 aliphatic carbocycles. The topological polar surface area (TPSA) is 49.8 Å². The van der Waals surface area contributed by atoms with Crippen molar-refractivity contribution in [2.45, 2.75) is 19.1 Å². The third-order valence-corrected chi connectivity index (χ3v) is 4.10. The van der Waals surface area contributed by atoms with Crippen molar-refractivity contribution in [1.82, 2.24) is 4.90 Å². The van der Waals surface area contributed by atoms with E-state index in [9.17, 15) is 9.90 Å². The zero-order valence-corrected chi connectivity index (χ0v) is 13.4. The Kier molecular flexibility index (Phi) is 4.84. The minimum absolute atomic E-state index is 0.0708. The predicted molar refractivity (Wildman–Crippen MR) is 88.8 cm³/mol. The maximum absolute atomic E-state index is 12.4. The van der Waals surface area contributed by atoms with Gasteiger partial charge in [-0.3, -0.25) is 4.79 Å². The maximum atomic E-state index is 12.4. The molecule has 2 aromatic rings. The molecule has 23 heavy (non-hydrogen) atoms. The van der Waals surface area contributed by atoms with Crippen LogP contribution in [0.2, 0.25) is 5.02 Å². The molecule has 0 radical (unpaired) electrons. The van der Waals surface area contributed by atoms with E-state index in [2.05, 4.69) is 0 Å². The van der Waals surface area contributed by atoms with E-state index in [1.807, 2.05) is 30.3 Å². The Labute approximate surface area is 140 Å². The van der Waals surface area contributed by atoms with Crippen molar-refractivity contribution in [2.75, 3.05) is 13.1 Å². The highest BCUT2D eigenvalue weighted by Crippen LogP contribution is 2.19. The first kappa shape index (κ1) is 15.8. The Morgan fingerprint density at radius 2 is 2.04 bits per heavy atom. The van der Waals surface area contributed by atoms with Crippen molar-refractivity contribution >= 4 is 17.5 Å². The standard InChI is InChI=1S/C18H18ClNO3/c19-15-6-4-13(5-7-15)12-23-17-3-1-2-14(10-17)18(22)20-9-8-16(21)11-20/h1-7,10,16,21H,8-9,11-12H2/t16-/m1/s1. The molecule has 0 unspecified atom stereocenters. The predicted octanol–water partition coefficient (Wildman–Crippen LogP) is 3.13. The minimum atomic E-state index is -0.414. The third-order valence-electron chi connectivity index (χ3n) is 3.85. The van der Waals surface area contributed by atoms with Crippen molar-refractivity contribution in [3.63, 3.8) is 0 Å². The lowest BCUT2D eigenvalue weighted by atomic mass is 10.2. The number of aliphatic hydroxyl groups excluding tert-OH is 1. The molecule has 0 bridgehead atoms. The molecule has 1 atom stereocenters. The lowest BCUT2D eigenvalue weighted by Gasteiger charge is -2.16. The maximum Gasteiger partial charge on any atom is 0.254 e. The number of halogens is 1. The summed E-state index contributed by atoms with van der Waals surface area (Å²) in [6, 6.07) is 14.6. The molecule has 2 aromatic carbocycles. The van der Waals surface area contributed by atoms with E-state index in [1.165, 1.54) is 0 Å². The molecule has 1 N–H and O–H groups in total. The minimum Gasteiger partial charge on any atom is -0.489 e. The molecule has 1 aliphatic heterocycles. The Balaban J connectivity index is 1.65. The Morgan fingerprint density at radius 1 is 1.26 bits per heavy atom. The van der Waals surface area contributed by atoms with Gasteiger partial charge in [0.15, 0.2) is 0 Å². The van der Waals surface area contributed by atoms with E-state index < -0.39 is 6.10 Å². The normalized spacial score (nSPS) is 17.3. The van der Waals surface area contributed by atoms with Crippen LogP contribution in [0.25, 0.3) is 0 Å². The molecule has 1 saturated heterocycles. The number of benzene rings is 2. The van der Waals surface area contributed by atoms with E-state index in [0.717, 1.165) is 5.56 Å². The second-order valence-electron chi connectivity index (χ2n) is 5.64. The van der Waals surface area contributed by atoms with E-state index >= 15 is 0 Å². The molecule has 1 aliphatic rings. The molecule has 0 saturated carbocycles. The summed E-state index contributed by atoms with van der Waals surface area (Å²) < 4.78 is 5.74. The molecule has 1 amide bonds. The number of hydrogen-bond acceptors (Lipinski definition) is 3. The van der Waals surface area contributed by atoms with Crippen LogP contribution in [0.4, 0.5) is 0 Å². The van der Waals surface area contributed by atoms with Crippen LogP contribution in [0.5, 0.6) is 5.75 Å². The fourth-order valence-electron chi connectivity index (χ4n) is 2.58. The van der Waals surface area contributed by atoms with Crippen LogP contribution < -0.4 is 4.74 Å². The lowest BCUT2D eigenvalue weighted by Crippen LogP contribution is -2.29. The molecular weight excluding hydrogens is 314 g/mol. The number of hydrogen-bond donors (Lipinski definition) is 1. The number of carbonyl (C=O) groups is 1. The van der Waals surface area contributed by atoms with Gasteiger partial charge in [0.25, 0.3) is 5.91 Å². The highest BCUT2D eigenvalue weighted by atomic mass is 35.5. The number of rotatable bonds is 4. The molecule has 0 aromatic heterocycles. The van der Waals surface area contributed by atoms with Crippen LogP contribution in [0.1, 0.15) is 22.3 Å². The SMILES string of the molecule is O=C(c1cccc(OCc2ccc(Cl)cc2)c1)N1CC[C@@H](O)C1. The molecule has 4 nitrogen and oxygen atoms in total. The first-order valence-corrected chi connectivity index (χ1v) is 7.94. The average molecular weight is 332 g/mol. The van der Waals surface area contributed by atoms with Crippen LogP contribution >= 0.6 is 11.6 Å². The summed E-state index contributed by atoms with van der Waals surface area (Å²) in [6.45, 7) is 1.40. The molecule has 1 fully saturated rings. The van der Waals surface area contributed by atoms with Crippen LogP contribution in [-0.4, -0.2) is 35.1 Å². The number of carbonyl (C=O) groups excluding carboxylic acids is 1. The second-order valence-corrected chi connectivity index (χ2v) is 6.07. The van der Waals surface area contributed by atoms with Crippen molar-refractivity contribution in [3.8, 4) is 5.75 Å². The van der Waals surface area contributed by atoms with Gasteiger partial charge >= 0.3 is 0 Å². The highest BCUT2D eigenvalue weighted by Gasteiger charge is 2.25. The molecule has 120 valence electrons. The van der Waals surface area contributed by atoms with E-state index in [0.29, 0.717) is 42.5 Å². The number of likely N-dealkylation sites (tertiary alicyclic amines) is 1. The van der Waals surface area contributed by atoms with Gasteiger partial charge in [-0.15, -0.1) is 0 Å². The molecule has 3 rings (SSSR count). The van der Waals surface area contributed by atoms with Crippen LogP contribution in [-0.2, 0) is 6.61 Å². The zero-order valence-electron chi connectivity index (χ0n) is 12.6. The first-order valence-electron chi connectivity index (χ1n) is 7.56. The van der Waals surface area contributed by atoms with E-state index in [4.69, 9.17) is 16.3 Å². The second kappa shape index (κ2) is 7.02. The number of amides is 1. The quantitative estimate of drug-likeness (QED) is 0.936. The smallest absolute Gasteiger partial charge is 0.254 e. The summed E-state index contributed by atoms with van der Waals surface area (Å²) in [5.74, 6) is 0.573. The van der Waals surface area contributed by atoms with Gasteiger partial charge in [0, 0.05) is 23.7 Å². The van der Waals surface area contributed by atoms with Crippen LogP contribution in [0.15, 0.2) is 48.5 Å². The molecule has 0 spiro atoms. The first-order chi connectivity index (χ1) is 11.1. The van der Waals surface area contributed by atoms with Crippen molar-refractivity contribution in [1.29, 1.82) is 0 Å². The number of β-amino-alcohol motifs (C(OH)–C–C–N with tert-alkyl or cyclic N) is 1. The van der Waals surface area contributed by atoms with E-state index in [1.54, 1.807) is 23.1 Å². The number of ether oxygens (including phenoxy) is 1. The van der Waals surface area contributed by atoms with Gasteiger partial charge in [0.05, 0.1) is 6.10 Å². The van der Waals surface area contributed by atoms with Crippen molar-refractivity contribution < 1.29 is 14.6 Å². The summed E-state index contributed by atoms with van der Waals surface area (Å²) in [6.07, 6.45) is 0.224. The summed E-state index contributed by atoms with van der Waals surface area (Å²) in [5, 5.41) is 10.2. The van der Waals surface area contributed by atoms with Gasteiger partial charge < -0.3 is 14.7 Å². The Morgan fingerprint density at radius 3 is 2.74 bits per heavy atom. The van der Waals surface area contributed by atoms with Gasteiger partial charge in [-0.2, -0.15) is 0 Å². The summed E-state index contributed by atoms with van der Waals surface area (Å²) in [7, 11) is 0. The number of aliphatic hydroxyl groups is 1. The third kappa shape index (κ3) is 4.03. The monoisotopic (exact) mass is 331 g/mol. The van der Waals surface area contributed by atoms with Crippen LogP contribution in [0.3, 0.4) is 0 Å². The van der Waals surface area contributed by atoms with Crippen molar-refractivity contribution in [3.05, 3.63) is 64.7 Å². The van der Waals surface area contributed by atoms with Gasteiger partial charge in [0.2, 0.25) is 0 Å². The molecule has 1 heterocycles. The van der Waals surface area contributed by atoms with Crippen molar-refractivity contribution in [2.24, 2.45) is 0 Å². The van der Waals surface area contributed by atoms with E-state index in [-0.39, 0.29) is 5.91 Å². The summed E-state index contributed by atoms with van der Waals surface area (Å²) in [5.41, 5.74) is 1.58. The average Bonchev–Trinajstić information content (AvgIpc) is 3.00. The lowest BCUT2D eigenvalue weighted by molar-refractivity contribution is 0.0764. The summed E-state index contributed by atoms with van der Waals surface area (Å²) >= 11 is 5.86. The fourth-order valence-corrected chi connectivity index (χ4v) is 2.70. The molecule has 5 heteroatoms. The largest absolute Gasteiger partial charge is 0.489 e. The van der Waals surface area contributed by atoms with Gasteiger partial charge in [0.1, 0.15) is 12.4 Å². The van der Waals surface area contributed by atoms with Gasteiger partial charge in [-0.05, 0) is 42.3 Å². The van der Waals surface area contributed by atoms with Gasteiger partial charge in [-0.25, -0.2) is 0 Å². The Bertz CT molecular complexity index is 687. The fraction of sp³-hybridized carbons (Fsp3) is 0.278. The molecular formula is C18H18ClNO3. The zero-order chi connectivity index (χ0) is 16.2. The van der Waals surface area contributed by atoms with Crippen LogP contribution in [0, 0.1) is 0 Å².